The predicted molar refractivity (Wildman–Crippen MR) is 130 cm³/mol. The van der Waals surface area contributed by atoms with Gasteiger partial charge in [0.15, 0.2) is 0 Å². The van der Waals surface area contributed by atoms with E-state index in [-0.39, 0.29) is 27.5 Å². The Bertz CT molecular complexity index is 1450. The molecule has 0 atom stereocenters. The van der Waals surface area contributed by atoms with Crippen LogP contribution >= 0.6 is 15.9 Å². The Hall–Kier alpha value is -4.21. The maximum Gasteiger partial charge on any atom is 0.339 e. The smallest absolute Gasteiger partial charge is 0.339 e. The van der Waals surface area contributed by atoms with Gasteiger partial charge in [-0.15, -0.1) is 0 Å². The van der Waals surface area contributed by atoms with E-state index in [1.165, 1.54) is 31.4 Å². The quantitative estimate of drug-likeness (QED) is 0.138. The Morgan fingerprint density at radius 3 is 2.34 bits per heavy atom. The number of rotatable bonds is 8. The minimum absolute atomic E-state index is 0.131. The summed E-state index contributed by atoms with van der Waals surface area (Å²) in [5, 5.41) is 22.9. The second-order valence-electron chi connectivity index (χ2n) is 6.82. The molecular weight excluding hydrogens is 542 g/mol. The molecule has 0 saturated carbocycles. The molecule has 1 N–H and O–H groups in total. The number of nitro groups is 1. The number of nitrogens with zero attached hydrogens (tertiary/aromatic N) is 2. The molecule has 10 nitrogen and oxygen atoms in total. The lowest BCUT2D eigenvalue weighted by molar-refractivity contribution is -0.384. The van der Waals surface area contributed by atoms with Gasteiger partial charge in [-0.05, 0) is 60.7 Å². The number of carbonyl (C=O) groups is 1. The van der Waals surface area contributed by atoms with Crippen molar-refractivity contribution in [2.45, 2.75) is 4.90 Å². The van der Waals surface area contributed by atoms with Crippen molar-refractivity contribution in [1.82, 2.24) is 0 Å². The summed E-state index contributed by atoms with van der Waals surface area (Å²) < 4.78 is 36.3. The van der Waals surface area contributed by atoms with Crippen LogP contribution in [0, 0.1) is 21.4 Å². The monoisotopic (exact) mass is 557 g/mol. The normalized spacial score (nSPS) is 11.3. The molecule has 0 aliphatic carbocycles. The number of nitrogens with one attached hydrogen (secondary N) is 1. The maximum absolute atomic E-state index is 12.7. The van der Waals surface area contributed by atoms with Gasteiger partial charge in [-0.1, -0.05) is 15.9 Å². The number of ether oxygens (including phenoxy) is 1. The van der Waals surface area contributed by atoms with Crippen molar-refractivity contribution in [3.63, 3.8) is 0 Å². The summed E-state index contributed by atoms with van der Waals surface area (Å²) in [5.74, 6) is -0.289. The van der Waals surface area contributed by atoms with E-state index >= 15 is 0 Å². The lowest BCUT2D eigenvalue weighted by atomic mass is 10.1. The molecule has 0 saturated heterocycles. The van der Waals surface area contributed by atoms with Crippen LogP contribution in [0.15, 0.2) is 81.7 Å². The van der Waals surface area contributed by atoms with Gasteiger partial charge in [-0.3, -0.25) is 14.9 Å². The number of non-ortho nitro benzene ring substituents is 1. The van der Waals surface area contributed by atoms with Gasteiger partial charge in [0.05, 0.1) is 12.0 Å². The number of benzene rings is 3. The minimum atomic E-state index is -4.37. The topological polar surface area (TPSA) is 149 Å². The van der Waals surface area contributed by atoms with E-state index in [4.69, 9.17) is 8.92 Å². The van der Waals surface area contributed by atoms with Gasteiger partial charge in [0.2, 0.25) is 0 Å². The fourth-order valence-electron chi connectivity index (χ4n) is 2.79. The van der Waals surface area contributed by atoms with E-state index < -0.39 is 20.9 Å². The van der Waals surface area contributed by atoms with Crippen LogP contribution in [0.1, 0.15) is 5.56 Å². The largest absolute Gasteiger partial charge is 0.497 e. The Morgan fingerprint density at radius 2 is 1.77 bits per heavy atom. The number of halogens is 1. The number of anilines is 1. The number of carbonyl (C=O) groups excluding carboxylic acids is 1. The Kier molecular flexibility index (Phi) is 7.85. The molecule has 35 heavy (non-hydrogen) atoms. The van der Waals surface area contributed by atoms with Crippen LogP contribution in [0.3, 0.4) is 0 Å². The van der Waals surface area contributed by atoms with Gasteiger partial charge >= 0.3 is 10.1 Å². The fraction of sp³-hybridized carbons (Fsp3) is 0.0435. The summed E-state index contributed by atoms with van der Waals surface area (Å²) in [6.45, 7) is 0. The number of hydrogen-bond acceptors (Lipinski definition) is 8. The Labute approximate surface area is 208 Å². The molecule has 3 rings (SSSR count). The van der Waals surface area contributed by atoms with Crippen molar-refractivity contribution in [3.05, 3.63) is 92.5 Å². The second kappa shape index (κ2) is 10.8. The van der Waals surface area contributed by atoms with Crippen molar-refractivity contribution >= 4 is 49.4 Å². The minimum Gasteiger partial charge on any atom is -0.497 e. The van der Waals surface area contributed by atoms with Crippen LogP contribution in [0.4, 0.5) is 11.4 Å². The number of nitriles is 1. The first-order valence-electron chi connectivity index (χ1n) is 9.68. The summed E-state index contributed by atoms with van der Waals surface area (Å²) in [6.07, 6.45) is 1.18. The van der Waals surface area contributed by atoms with Crippen LogP contribution in [0.2, 0.25) is 0 Å². The van der Waals surface area contributed by atoms with Crippen molar-refractivity contribution in [2.75, 3.05) is 12.4 Å². The van der Waals surface area contributed by atoms with Crippen molar-refractivity contribution in [1.29, 1.82) is 5.26 Å². The number of amides is 1. The summed E-state index contributed by atoms with van der Waals surface area (Å²) in [7, 11) is -2.87. The average molecular weight is 558 g/mol. The molecule has 178 valence electrons. The molecule has 0 radical (unpaired) electrons. The highest BCUT2D eigenvalue weighted by atomic mass is 79.9. The molecule has 0 fully saturated rings. The van der Waals surface area contributed by atoms with E-state index in [1.54, 1.807) is 30.3 Å². The van der Waals surface area contributed by atoms with Gasteiger partial charge in [0, 0.05) is 27.9 Å². The summed E-state index contributed by atoms with van der Waals surface area (Å²) >= 11 is 3.27. The molecule has 0 unspecified atom stereocenters. The first kappa shape index (κ1) is 25.4. The molecule has 0 spiro atoms. The standard InChI is InChI=1S/C23H16BrN3O7S/c1-33-20-7-3-18(4-8-20)26-23(28)16(14-25)12-15-13-17(24)2-11-22(15)34-35(31,32)21-9-5-19(6-10-21)27(29)30/h2-13H,1H3,(H,26,28)/b16-12+. The fourth-order valence-corrected chi connectivity index (χ4v) is 4.12. The molecule has 0 heterocycles. The Morgan fingerprint density at radius 1 is 1.11 bits per heavy atom. The second-order valence-corrected chi connectivity index (χ2v) is 9.29. The van der Waals surface area contributed by atoms with Crippen LogP contribution in [0.25, 0.3) is 6.08 Å². The number of methoxy groups -OCH3 is 1. The first-order valence-corrected chi connectivity index (χ1v) is 11.9. The summed E-state index contributed by atoms with van der Waals surface area (Å²) in [5.41, 5.74) is -0.0380. The van der Waals surface area contributed by atoms with E-state index in [1.807, 2.05) is 0 Å². The van der Waals surface area contributed by atoms with Gasteiger partial charge < -0.3 is 14.2 Å². The zero-order valence-corrected chi connectivity index (χ0v) is 20.4. The van der Waals surface area contributed by atoms with Gasteiger partial charge in [-0.25, -0.2) is 0 Å². The summed E-state index contributed by atoms with van der Waals surface area (Å²) in [4.78, 5) is 22.5. The van der Waals surface area contributed by atoms with Gasteiger partial charge in [-0.2, -0.15) is 13.7 Å². The molecule has 0 aromatic heterocycles. The molecule has 0 aliphatic rings. The van der Waals surface area contributed by atoms with Crippen molar-refractivity contribution in [2.24, 2.45) is 0 Å². The number of nitro benzene ring substituents is 1. The average Bonchev–Trinajstić information content (AvgIpc) is 2.84. The Balaban J connectivity index is 1.90. The van der Waals surface area contributed by atoms with E-state index in [2.05, 4.69) is 21.2 Å². The van der Waals surface area contributed by atoms with E-state index in [0.717, 1.165) is 24.3 Å². The van der Waals surface area contributed by atoms with Crippen LogP contribution in [0.5, 0.6) is 11.5 Å². The predicted octanol–water partition coefficient (Wildman–Crippen LogP) is 4.68. The van der Waals surface area contributed by atoms with Crippen LogP contribution in [-0.2, 0) is 14.9 Å². The molecule has 0 aliphatic heterocycles. The molecular formula is C23H16BrN3O7S. The first-order chi connectivity index (χ1) is 16.6. The van der Waals surface area contributed by atoms with Crippen LogP contribution < -0.4 is 14.2 Å². The molecule has 0 bridgehead atoms. The van der Waals surface area contributed by atoms with Crippen LogP contribution in [-0.4, -0.2) is 26.4 Å². The zero-order chi connectivity index (χ0) is 25.6. The molecule has 3 aromatic carbocycles. The molecule has 3 aromatic rings. The highest BCUT2D eigenvalue weighted by Crippen LogP contribution is 2.29. The maximum atomic E-state index is 12.7. The lowest BCUT2D eigenvalue weighted by Gasteiger charge is -2.11. The number of hydrogen-bond donors (Lipinski definition) is 1. The summed E-state index contributed by atoms with van der Waals surface area (Å²) in [6, 6.07) is 16.7. The van der Waals surface area contributed by atoms with E-state index in [9.17, 15) is 28.6 Å². The van der Waals surface area contributed by atoms with Crippen molar-refractivity contribution in [3.8, 4) is 17.6 Å². The van der Waals surface area contributed by atoms with Gasteiger partial charge in [0.1, 0.15) is 28.0 Å². The van der Waals surface area contributed by atoms with E-state index in [0.29, 0.717) is 15.9 Å². The zero-order valence-electron chi connectivity index (χ0n) is 18.0. The van der Waals surface area contributed by atoms with Gasteiger partial charge in [0.25, 0.3) is 11.6 Å². The lowest BCUT2D eigenvalue weighted by Crippen LogP contribution is -2.14. The third-order valence-corrected chi connectivity index (χ3v) is 6.26. The highest BCUT2D eigenvalue weighted by molar-refractivity contribution is 9.10. The highest BCUT2D eigenvalue weighted by Gasteiger charge is 2.20. The third kappa shape index (κ3) is 6.44. The SMILES string of the molecule is COc1ccc(NC(=O)/C(C#N)=C/c2cc(Br)ccc2OS(=O)(=O)c2ccc([N+](=O)[O-])cc2)cc1. The third-order valence-electron chi connectivity index (χ3n) is 4.52. The molecule has 1 amide bonds. The molecule has 12 heteroatoms. The van der Waals surface area contributed by atoms with Crippen molar-refractivity contribution < 1.29 is 27.1 Å².